The van der Waals surface area contributed by atoms with Gasteiger partial charge in [0.1, 0.15) is 11.2 Å². The molecule has 0 radical (unpaired) electrons. The molecule has 0 fully saturated rings. The molecule has 20 aromatic rings. The van der Waals surface area contributed by atoms with Crippen LogP contribution in [0.5, 0.6) is 0 Å². The van der Waals surface area contributed by atoms with Gasteiger partial charge in [0.25, 0.3) is 0 Å². The maximum absolute atomic E-state index is 6.90. The number of nitrogens with zero attached hydrogens (tertiary/aromatic N) is 4. The van der Waals surface area contributed by atoms with E-state index in [4.69, 9.17) is 24.4 Å². The molecule has 4 aliphatic rings. The van der Waals surface area contributed by atoms with Gasteiger partial charge in [-0.1, -0.05) is 346 Å². The van der Waals surface area contributed by atoms with Crippen LogP contribution in [0, 0.1) is 0 Å². The second kappa shape index (κ2) is 25.1. The standard InChI is InChI=1S/C53H32N2O.C53H32N2S/c2*1-3-15-33(16-4-1)47-32-48(55-52(54-47)34-17-5-2-6-18-34)41-30-29-36(51-50(41)42-22-10-14-26-49(42)56-51)35-27-28-40-39-21-9-13-25-45(39)53(46(40)31-35)43-23-11-7-19-37(43)38-20-8-12-24-44(38)53/h2*1-32H. The molecule has 4 aromatic heterocycles. The summed E-state index contributed by atoms with van der Waals surface area (Å²) in [6.07, 6.45) is 0. The lowest BCUT2D eigenvalue weighted by Gasteiger charge is -2.30. The van der Waals surface area contributed by atoms with Crippen molar-refractivity contribution in [2.75, 3.05) is 0 Å². The number of fused-ring (bicyclic) bond motifs is 26. The predicted molar refractivity (Wildman–Crippen MR) is 460 cm³/mol. The highest BCUT2D eigenvalue weighted by atomic mass is 32.1. The first-order valence-electron chi connectivity index (χ1n) is 38.3. The van der Waals surface area contributed by atoms with E-state index in [0.717, 1.165) is 95.0 Å². The first-order chi connectivity index (χ1) is 55.5. The minimum atomic E-state index is -0.426. The summed E-state index contributed by atoms with van der Waals surface area (Å²) in [5.74, 6) is 1.41. The van der Waals surface area contributed by atoms with E-state index in [-0.39, 0.29) is 0 Å². The van der Waals surface area contributed by atoms with Gasteiger partial charge in [-0.05, 0) is 148 Å². The van der Waals surface area contributed by atoms with Crippen molar-refractivity contribution >= 4 is 53.4 Å². The van der Waals surface area contributed by atoms with Crippen LogP contribution < -0.4 is 0 Å². The van der Waals surface area contributed by atoms with Crippen molar-refractivity contribution < 1.29 is 4.42 Å². The van der Waals surface area contributed by atoms with Gasteiger partial charge >= 0.3 is 0 Å². The quantitative estimate of drug-likeness (QED) is 0.152. The van der Waals surface area contributed by atoms with E-state index in [1.54, 1.807) is 0 Å². The maximum Gasteiger partial charge on any atom is 0.160 e. The Balaban J connectivity index is 0.000000134. The van der Waals surface area contributed by atoms with E-state index < -0.39 is 10.8 Å². The largest absolute Gasteiger partial charge is 0.455 e. The normalized spacial score (nSPS) is 13.1. The second-order valence-electron chi connectivity index (χ2n) is 29.6. The van der Waals surface area contributed by atoms with Crippen LogP contribution in [-0.4, -0.2) is 19.9 Å². The number of furan rings is 1. The zero-order valence-electron chi connectivity index (χ0n) is 60.6. The summed E-state index contributed by atoms with van der Waals surface area (Å²) in [4.78, 5) is 20.7. The molecule has 0 N–H and O–H groups in total. The second-order valence-corrected chi connectivity index (χ2v) is 30.7. The molecule has 0 unspecified atom stereocenters. The molecule has 520 valence electrons. The Morgan fingerprint density at radius 3 is 0.982 bits per heavy atom. The summed E-state index contributed by atoms with van der Waals surface area (Å²) in [5.41, 5.74) is 36.4. The van der Waals surface area contributed by atoms with Crippen molar-refractivity contribution in [2.24, 2.45) is 0 Å². The minimum Gasteiger partial charge on any atom is -0.455 e. The lowest BCUT2D eigenvalue weighted by atomic mass is 9.70. The Hall–Kier alpha value is -14.3. The van der Waals surface area contributed by atoms with Crippen molar-refractivity contribution in [2.45, 2.75) is 10.8 Å². The average Bonchev–Trinajstić information content (AvgIpc) is 1.51. The molecule has 4 aliphatic carbocycles. The summed E-state index contributed by atoms with van der Waals surface area (Å²) >= 11 is 1.87. The summed E-state index contributed by atoms with van der Waals surface area (Å²) in [6.45, 7) is 0. The molecule has 112 heavy (non-hydrogen) atoms. The molecule has 0 aliphatic heterocycles. The SMILES string of the molecule is c1ccc(-c2cc(-c3ccc(-c4ccc5c(c4)C4(c6ccccc6-c6ccccc64)c4ccccc4-5)c4oc5ccccc5c34)nc(-c3ccccc3)n2)cc1.c1ccc(-c2cc(-c3ccc(-c4ccc5c(c4)C4(c6ccccc6-c6ccccc64)c4ccccc4-5)c4sc5ccccc5c34)nc(-c3ccccc3)n2)cc1. The van der Waals surface area contributed by atoms with Crippen molar-refractivity contribution in [1.29, 1.82) is 0 Å². The van der Waals surface area contributed by atoms with Crippen LogP contribution in [-0.2, 0) is 10.8 Å². The Morgan fingerprint density at radius 1 is 0.214 bits per heavy atom. The predicted octanol–water partition coefficient (Wildman–Crippen LogP) is 27.2. The number of hydrogen-bond acceptors (Lipinski definition) is 6. The summed E-state index contributed by atoms with van der Waals surface area (Å²) in [5, 5.41) is 4.58. The van der Waals surface area contributed by atoms with E-state index in [2.05, 4.69) is 346 Å². The van der Waals surface area contributed by atoms with E-state index in [0.29, 0.717) is 5.82 Å². The van der Waals surface area contributed by atoms with Gasteiger partial charge in [-0.2, -0.15) is 0 Å². The van der Waals surface area contributed by atoms with Crippen molar-refractivity contribution in [1.82, 2.24) is 19.9 Å². The summed E-state index contributed by atoms with van der Waals surface area (Å²) < 4.78 is 9.43. The first kappa shape index (κ1) is 63.8. The molecule has 2 spiro atoms. The molecule has 0 amide bonds. The van der Waals surface area contributed by atoms with Crippen LogP contribution in [0.1, 0.15) is 44.5 Å². The molecule has 5 nitrogen and oxygen atoms in total. The van der Waals surface area contributed by atoms with Crippen LogP contribution in [0.15, 0.2) is 393 Å². The van der Waals surface area contributed by atoms with Gasteiger partial charge in [0.05, 0.1) is 33.6 Å². The number of thiophene rings is 1. The average molecular weight is 1440 g/mol. The van der Waals surface area contributed by atoms with Gasteiger partial charge in [0.15, 0.2) is 11.6 Å². The third-order valence-electron chi connectivity index (χ3n) is 23.9. The lowest BCUT2D eigenvalue weighted by Crippen LogP contribution is -2.25. The smallest absolute Gasteiger partial charge is 0.160 e. The first-order valence-corrected chi connectivity index (χ1v) is 39.1. The van der Waals surface area contributed by atoms with Gasteiger partial charge in [0.2, 0.25) is 0 Å². The van der Waals surface area contributed by atoms with Gasteiger partial charge in [-0.15, -0.1) is 11.3 Å². The minimum absolute atomic E-state index is 0.392. The van der Waals surface area contributed by atoms with Gasteiger partial charge in [-0.25, -0.2) is 19.9 Å². The highest BCUT2D eigenvalue weighted by Crippen LogP contribution is 2.65. The van der Waals surface area contributed by atoms with Crippen molar-refractivity contribution in [3.63, 3.8) is 0 Å². The van der Waals surface area contributed by atoms with E-state index in [1.807, 2.05) is 53.8 Å². The molecule has 0 bridgehead atoms. The topological polar surface area (TPSA) is 64.7 Å². The molecule has 0 atom stereocenters. The molecule has 0 saturated heterocycles. The highest BCUT2D eigenvalue weighted by molar-refractivity contribution is 7.26. The van der Waals surface area contributed by atoms with Crippen LogP contribution >= 0.6 is 11.3 Å². The lowest BCUT2D eigenvalue weighted by molar-refractivity contribution is 0.670. The van der Waals surface area contributed by atoms with Crippen LogP contribution in [0.4, 0.5) is 0 Å². The third-order valence-corrected chi connectivity index (χ3v) is 25.1. The van der Waals surface area contributed by atoms with E-state index >= 15 is 0 Å². The maximum atomic E-state index is 6.90. The monoisotopic (exact) mass is 1440 g/mol. The Morgan fingerprint density at radius 2 is 0.536 bits per heavy atom. The van der Waals surface area contributed by atoms with Crippen molar-refractivity contribution in [3.8, 4) is 135 Å². The molecular weight excluding hydrogens is 1380 g/mol. The highest BCUT2D eigenvalue weighted by Gasteiger charge is 2.53. The zero-order valence-corrected chi connectivity index (χ0v) is 61.4. The van der Waals surface area contributed by atoms with Gasteiger partial charge in [0, 0.05) is 69.9 Å². The fraction of sp³-hybridized carbons (Fsp3) is 0.0189. The fourth-order valence-corrected chi connectivity index (χ4v) is 20.4. The molecular formula is C106H64N4OS. The fourth-order valence-electron chi connectivity index (χ4n) is 19.2. The van der Waals surface area contributed by atoms with E-state index in [1.165, 1.54) is 120 Å². The number of hydrogen-bond donors (Lipinski definition) is 0. The van der Waals surface area contributed by atoms with E-state index in [9.17, 15) is 0 Å². The molecule has 6 heteroatoms. The van der Waals surface area contributed by atoms with Crippen LogP contribution in [0.2, 0.25) is 0 Å². The number of benzene rings is 16. The van der Waals surface area contributed by atoms with Gasteiger partial charge < -0.3 is 4.42 Å². The molecule has 16 aromatic carbocycles. The summed E-state index contributed by atoms with van der Waals surface area (Å²) in [6, 6.07) is 140. The number of aromatic nitrogens is 4. The molecule has 0 saturated carbocycles. The van der Waals surface area contributed by atoms with Crippen molar-refractivity contribution in [3.05, 3.63) is 433 Å². The third kappa shape index (κ3) is 9.43. The van der Waals surface area contributed by atoms with Crippen LogP contribution in [0.25, 0.3) is 177 Å². The Kier molecular flexibility index (Phi) is 14.3. The Labute approximate surface area is 651 Å². The zero-order chi connectivity index (χ0) is 73.6. The van der Waals surface area contributed by atoms with Gasteiger partial charge in [-0.3, -0.25) is 0 Å². The molecule has 4 heterocycles. The molecule has 24 rings (SSSR count). The Bertz CT molecular complexity index is 6590. The van der Waals surface area contributed by atoms with Crippen LogP contribution in [0.3, 0.4) is 0 Å². The number of para-hydroxylation sites is 1. The number of rotatable bonds is 8. The summed E-state index contributed by atoms with van der Waals surface area (Å²) in [7, 11) is 0.